The van der Waals surface area contributed by atoms with Crippen molar-refractivity contribution in [3.8, 4) is 5.75 Å². The smallest absolute Gasteiger partial charge is 0.129 e. The second-order valence-electron chi connectivity index (χ2n) is 5.46. The molecule has 0 aromatic heterocycles. The van der Waals surface area contributed by atoms with Crippen LogP contribution in [0.4, 0.5) is 11.4 Å². The maximum Gasteiger partial charge on any atom is 0.129 e. The molecule has 4 rings (SSSR count). The van der Waals surface area contributed by atoms with Gasteiger partial charge in [-0.05, 0) is 41.8 Å². The van der Waals surface area contributed by atoms with Crippen molar-refractivity contribution in [3.05, 3.63) is 59.7 Å². The van der Waals surface area contributed by atoms with E-state index < -0.39 is 0 Å². The lowest BCUT2D eigenvalue weighted by Gasteiger charge is -2.23. The average molecular weight is 315 g/mol. The molecular formula is C18H19ClN2O. The molecule has 2 heterocycles. The van der Waals surface area contributed by atoms with E-state index in [1.54, 1.807) is 0 Å². The van der Waals surface area contributed by atoms with Crippen LogP contribution < -0.4 is 15.4 Å². The molecule has 22 heavy (non-hydrogen) atoms. The highest BCUT2D eigenvalue weighted by molar-refractivity contribution is 5.85. The molecule has 0 amide bonds. The van der Waals surface area contributed by atoms with Gasteiger partial charge in [0, 0.05) is 36.1 Å². The number of hydrogen-bond acceptors (Lipinski definition) is 3. The van der Waals surface area contributed by atoms with Gasteiger partial charge in [0.2, 0.25) is 0 Å². The molecule has 0 bridgehead atoms. The van der Waals surface area contributed by atoms with Crippen LogP contribution in [0.15, 0.2) is 48.5 Å². The molecule has 0 atom stereocenters. The minimum atomic E-state index is 0. The molecule has 2 aromatic rings. The van der Waals surface area contributed by atoms with Crippen LogP contribution in [0.3, 0.4) is 0 Å². The number of ether oxygens (including phenoxy) is 1. The molecule has 4 heteroatoms. The van der Waals surface area contributed by atoms with Gasteiger partial charge in [0.25, 0.3) is 0 Å². The van der Waals surface area contributed by atoms with Crippen LogP contribution in [-0.4, -0.2) is 19.7 Å². The Morgan fingerprint density at radius 2 is 2.00 bits per heavy atom. The molecule has 3 nitrogen and oxygen atoms in total. The first kappa shape index (κ1) is 14.9. The van der Waals surface area contributed by atoms with Crippen molar-refractivity contribution in [2.75, 3.05) is 24.6 Å². The van der Waals surface area contributed by atoms with Crippen LogP contribution in [0, 0.1) is 0 Å². The standard InChI is InChI=1S/C18H18N2O.ClH/c19-12-14-8-10-21-18-11-15(5-6-16(14)18)20-9-7-13-3-1-2-4-17(13)20;/h1-6,8,11H,7,9-10,12,19H2;1H. The lowest BCUT2D eigenvalue weighted by molar-refractivity contribution is 0.357. The predicted octanol–water partition coefficient (Wildman–Crippen LogP) is 3.54. The van der Waals surface area contributed by atoms with Gasteiger partial charge >= 0.3 is 0 Å². The summed E-state index contributed by atoms with van der Waals surface area (Å²) >= 11 is 0. The molecule has 0 radical (unpaired) electrons. The Labute approximate surface area is 136 Å². The summed E-state index contributed by atoms with van der Waals surface area (Å²) in [5.41, 5.74) is 12.0. The molecule has 2 aromatic carbocycles. The monoisotopic (exact) mass is 314 g/mol. The highest BCUT2D eigenvalue weighted by atomic mass is 35.5. The van der Waals surface area contributed by atoms with E-state index in [2.05, 4.69) is 53.4 Å². The van der Waals surface area contributed by atoms with Gasteiger partial charge in [-0.25, -0.2) is 0 Å². The Morgan fingerprint density at radius 1 is 1.14 bits per heavy atom. The molecule has 0 spiro atoms. The van der Waals surface area contributed by atoms with Crippen molar-refractivity contribution in [1.82, 2.24) is 0 Å². The zero-order valence-corrected chi connectivity index (χ0v) is 13.1. The highest BCUT2D eigenvalue weighted by Gasteiger charge is 2.21. The summed E-state index contributed by atoms with van der Waals surface area (Å²) in [5, 5.41) is 0. The van der Waals surface area contributed by atoms with Crippen molar-refractivity contribution in [2.45, 2.75) is 6.42 Å². The van der Waals surface area contributed by atoms with E-state index in [4.69, 9.17) is 10.5 Å². The van der Waals surface area contributed by atoms with Crippen molar-refractivity contribution >= 4 is 29.4 Å². The lowest BCUT2D eigenvalue weighted by Crippen LogP contribution is -2.15. The van der Waals surface area contributed by atoms with Crippen LogP contribution >= 0.6 is 12.4 Å². The summed E-state index contributed by atoms with van der Waals surface area (Å²) in [5.74, 6) is 0.944. The largest absolute Gasteiger partial charge is 0.489 e. The molecule has 0 unspecified atom stereocenters. The highest BCUT2D eigenvalue weighted by Crippen LogP contribution is 2.38. The Kier molecular flexibility index (Phi) is 4.10. The Hall–Kier alpha value is -1.97. The van der Waals surface area contributed by atoms with Gasteiger partial charge in [0.1, 0.15) is 12.4 Å². The van der Waals surface area contributed by atoms with Crippen molar-refractivity contribution in [1.29, 1.82) is 0 Å². The van der Waals surface area contributed by atoms with Gasteiger partial charge in [0.15, 0.2) is 0 Å². The summed E-state index contributed by atoms with van der Waals surface area (Å²) in [6, 6.07) is 15.0. The third kappa shape index (κ3) is 2.36. The van der Waals surface area contributed by atoms with E-state index in [1.807, 2.05) is 0 Å². The SMILES string of the molecule is Cl.NCC1=CCOc2cc(N3CCc4ccccc43)ccc21. The van der Waals surface area contributed by atoms with E-state index in [-0.39, 0.29) is 12.4 Å². The van der Waals surface area contributed by atoms with E-state index in [9.17, 15) is 0 Å². The number of benzene rings is 2. The quantitative estimate of drug-likeness (QED) is 0.921. The van der Waals surface area contributed by atoms with E-state index >= 15 is 0 Å². The Balaban J connectivity index is 0.00000144. The topological polar surface area (TPSA) is 38.5 Å². The number of rotatable bonds is 2. The van der Waals surface area contributed by atoms with Crippen LogP contribution in [0.5, 0.6) is 5.75 Å². The minimum Gasteiger partial charge on any atom is -0.489 e. The summed E-state index contributed by atoms with van der Waals surface area (Å²) in [6.07, 6.45) is 3.16. The maximum absolute atomic E-state index is 5.81. The number of nitrogens with two attached hydrogens (primary N) is 1. The second-order valence-corrected chi connectivity index (χ2v) is 5.46. The van der Waals surface area contributed by atoms with E-state index in [0.717, 1.165) is 24.3 Å². The number of fused-ring (bicyclic) bond motifs is 2. The number of para-hydroxylation sites is 1. The van der Waals surface area contributed by atoms with Crippen LogP contribution in [-0.2, 0) is 6.42 Å². The summed E-state index contributed by atoms with van der Waals surface area (Å²) in [6.45, 7) is 2.19. The molecule has 0 fully saturated rings. The zero-order chi connectivity index (χ0) is 14.2. The lowest BCUT2D eigenvalue weighted by atomic mass is 10.0. The van der Waals surface area contributed by atoms with Gasteiger partial charge < -0.3 is 15.4 Å². The Bertz CT molecular complexity index is 727. The van der Waals surface area contributed by atoms with Crippen LogP contribution in [0.2, 0.25) is 0 Å². The van der Waals surface area contributed by atoms with Crippen LogP contribution in [0.25, 0.3) is 5.57 Å². The van der Waals surface area contributed by atoms with E-state index in [1.165, 1.54) is 22.5 Å². The first-order valence-electron chi connectivity index (χ1n) is 7.38. The number of anilines is 2. The third-order valence-corrected chi connectivity index (χ3v) is 4.30. The second kappa shape index (κ2) is 6.03. The first-order valence-corrected chi connectivity index (χ1v) is 7.38. The molecule has 0 aliphatic carbocycles. The van der Waals surface area contributed by atoms with Crippen molar-refractivity contribution < 1.29 is 4.74 Å². The van der Waals surface area contributed by atoms with Crippen LogP contribution in [0.1, 0.15) is 11.1 Å². The molecule has 2 aliphatic heterocycles. The molecule has 2 aliphatic rings. The molecule has 0 saturated heterocycles. The van der Waals surface area contributed by atoms with Gasteiger partial charge in [-0.2, -0.15) is 0 Å². The fraction of sp³-hybridized carbons (Fsp3) is 0.222. The number of nitrogens with zero attached hydrogens (tertiary/aromatic N) is 1. The van der Waals surface area contributed by atoms with E-state index in [0.29, 0.717) is 13.2 Å². The van der Waals surface area contributed by atoms with Gasteiger partial charge in [-0.1, -0.05) is 18.2 Å². The predicted molar refractivity (Wildman–Crippen MR) is 93.4 cm³/mol. The van der Waals surface area contributed by atoms with Crippen molar-refractivity contribution in [3.63, 3.8) is 0 Å². The van der Waals surface area contributed by atoms with Gasteiger partial charge in [0.05, 0.1) is 0 Å². The third-order valence-electron chi connectivity index (χ3n) is 4.30. The minimum absolute atomic E-state index is 0. The molecule has 2 N–H and O–H groups in total. The molecule has 114 valence electrons. The number of halogens is 1. The fourth-order valence-electron chi connectivity index (χ4n) is 3.21. The summed E-state index contributed by atoms with van der Waals surface area (Å²) in [4.78, 5) is 2.36. The fourth-order valence-corrected chi connectivity index (χ4v) is 3.21. The number of hydrogen-bond donors (Lipinski definition) is 1. The first-order chi connectivity index (χ1) is 10.4. The average Bonchev–Trinajstić information content (AvgIpc) is 2.97. The van der Waals surface area contributed by atoms with Gasteiger partial charge in [-0.15, -0.1) is 12.4 Å². The van der Waals surface area contributed by atoms with Crippen molar-refractivity contribution in [2.24, 2.45) is 5.73 Å². The normalized spacial score (nSPS) is 15.3. The zero-order valence-electron chi connectivity index (χ0n) is 12.3. The molecule has 0 saturated carbocycles. The Morgan fingerprint density at radius 3 is 2.86 bits per heavy atom. The molecular weight excluding hydrogens is 296 g/mol. The summed E-state index contributed by atoms with van der Waals surface area (Å²) < 4.78 is 5.79. The maximum atomic E-state index is 5.81. The van der Waals surface area contributed by atoms with Gasteiger partial charge in [-0.3, -0.25) is 0 Å². The summed E-state index contributed by atoms with van der Waals surface area (Å²) in [7, 11) is 0.